The Bertz CT molecular complexity index is 432. The van der Waals surface area contributed by atoms with Crippen LogP contribution in [-0.2, 0) is 9.53 Å². The van der Waals surface area contributed by atoms with Gasteiger partial charge in [0.1, 0.15) is 16.0 Å². The average Bonchev–Trinajstić information content (AvgIpc) is 2.55. The molecule has 1 aliphatic carbocycles. The second-order valence-electron chi connectivity index (χ2n) is 6.33. The zero-order chi connectivity index (χ0) is 14.6. The zero-order valence-corrected chi connectivity index (χ0v) is 12.6. The number of carboxylic acid groups (broad SMARTS) is 1. The third-order valence-electron chi connectivity index (χ3n) is 3.56. The molecule has 2 aliphatic rings. The van der Waals surface area contributed by atoms with Gasteiger partial charge in [-0.1, -0.05) is 0 Å². The molecule has 19 heavy (non-hydrogen) atoms. The molecule has 0 radical (unpaired) electrons. The van der Waals surface area contributed by atoms with Gasteiger partial charge in [0.05, 0.1) is 0 Å². The Labute approximate surface area is 121 Å². The van der Waals surface area contributed by atoms with E-state index in [1.807, 2.05) is 0 Å². The van der Waals surface area contributed by atoms with E-state index in [1.54, 1.807) is 20.8 Å². The molecule has 0 bridgehead atoms. The summed E-state index contributed by atoms with van der Waals surface area (Å²) in [6.07, 6.45) is 0.147. The Kier molecular flexibility index (Phi) is 3.22. The van der Waals surface area contributed by atoms with Gasteiger partial charge in [-0.25, -0.2) is 9.59 Å². The smallest absolute Gasteiger partial charge is 0.411 e. The van der Waals surface area contributed by atoms with Gasteiger partial charge in [0.2, 0.25) is 0 Å². The summed E-state index contributed by atoms with van der Waals surface area (Å²) in [6, 6.07) is -0.922. The van der Waals surface area contributed by atoms with E-state index >= 15 is 0 Å². The molecule has 1 heterocycles. The normalized spacial score (nSPS) is 32.5. The van der Waals surface area contributed by atoms with Gasteiger partial charge in [0, 0.05) is 12.0 Å². The van der Waals surface area contributed by atoms with Crippen LogP contribution in [-0.4, -0.2) is 44.6 Å². The predicted octanol–water partition coefficient (Wildman–Crippen LogP) is 2.64. The van der Waals surface area contributed by atoms with Gasteiger partial charge < -0.3 is 9.84 Å². The van der Waals surface area contributed by atoms with Crippen molar-refractivity contribution in [2.24, 2.45) is 5.41 Å². The molecular formula is C12H17Cl2NO4. The highest BCUT2D eigenvalue weighted by atomic mass is 35.5. The number of carboxylic acids is 1. The van der Waals surface area contributed by atoms with Crippen molar-refractivity contribution in [3.63, 3.8) is 0 Å². The zero-order valence-electron chi connectivity index (χ0n) is 11.1. The second kappa shape index (κ2) is 4.16. The highest BCUT2D eigenvalue weighted by Gasteiger charge is 2.71. The van der Waals surface area contributed by atoms with E-state index < -0.39 is 33.5 Å². The number of hydrogen-bond donors (Lipinski definition) is 1. The maximum absolute atomic E-state index is 12.1. The molecule has 0 aromatic carbocycles. The number of hydrogen-bond acceptors (Lipinski definition) is 3. The summed E-state index contributed by atoms with van der Waals surface area (Å²) in [4.78, 5) is 24.6. The van der Waals surface area contributed by atoms with Crippen molar-refractivity contribution in [3.8, 4) is 0 Å². The highest BCUT2D eigenvalue weighted by Crippen LogP contribution is 2.69. The molecule has 108 valence electrons. The summed E-state index contributed by atoms with van der Waals surface area (Å²) in [6.45, 7) is 5.43. The van der Waals surface area contributed by atoms with Gasteiger partial charge in [0.25, 0.3) is 0 Å². The van der Waals surface area contributed by atoms with Crippen molar-refractivity contribution in [2.45, 2.75) is 49.6 Å². The summed E-state index contributed by atoms with van der Waals surface area (Å²) >= 11 is 12.1. The average molecular weight is 310 g/mol. The number of nitrogens with zero attached hydrogens (tertiary/aromatic N) is 1. The number of likely N-dealkylation sites (tertiary alicyclic amines) is 1. The van der Waals surface area contributed by atoms with Crippen LogP contribution in [0.5, 0.6) is 0 Å². The van der Waals surface area contributed by atoms with Crippen LogP contribution >= 0.6 is 23.2 Å². The minimum absolute atomic E-state index is 0.228. The maximum Gasteiger partial charge on any atom is 0.411 e. The van der Waals surface area contributed by atoms with Crippen molar-refractivity contribution >= 4 is 35.3 Å². The van der Waals surface area contributed by atoms with Crippen molar-refractivity contribution in [1.29, 1.82) is 0 Å². The Morgan fingerprint density at radius 2 is 1.89 bits per heavy atom. The summed E-state index contributed by atoms with van der Waals surface area (Å²) < 4.78 is 4.30. The molecule has 7 heteroatoms. The van der Waals surface area contributed by atoms with Crippen LogP contribution in [0, 0.1) is 5.41 Å². The van der Waals surface area contributed by atoms with E-state index in [1.165, 1.54) is 4.90 Å². The van der Waals surface area contributed by atoms with E-state index in [4.69, 9.17) is 27.9 Å². The molecule has 0 aromatic heterocycles. The van der Waals surface area contributed by atoms with Gasteiger partial charge in [-0.05, 0) is 33.6 Å². The Hall–Kier alpha value is -0.680. The fourth-order valence-electron chi connectivity index (χ4n) is 2.49. The Balaban J connectivity index is 2.15. The molecule has 2 fully saturated rings. The minimum Gasteiger partial charge on any atom is -0.480 e. The van der Waals surface area contributed by atoms with Crippen molar-refractivity contribution in [2.75, 3.05) is 6.54 Å². The van der Waals surface area contributed by atoms with E-state index in [2.05, 4.69) is 0 Å². The lowest BCUT2D eigenvalue weighted by molar-refractivity contribution is -0.142. The molecule has 2 atom stereocenters. The number of halogens is 2. The number of carbonyl (C=O) groups excluding carboxylic acids is 1. The van der Waals surface area contributed by atoms with Crippen LogP contribution in [0.1, 0.15) is 33.6 Å². The van der Waals surface area contributed by atoms with Crippen molar-refractivity contribution in [1.82, 2.24) is 4.90 Å². The number of aliphatic carboxylic acids is 1. The minimum atomic E-state index is -1.06. The van der Waals surface area contributed by atoms with Gasteiger partial charge in [-0.15, -0.1) is 23.2 Å². The number of carbonyl (C=O) groups is 2. The highest BCUT2D eigenvalue weighted by molar-refractivity contribution is 6.51. The van der Waals surface area contributed by atoms with E-state index in [0.29, 0.717) is 6.42 Å². The fraction of sp³-hybridized carbons (Fsp3) is 0.833. The summed E-state index contributed by atoms with van der Waals surface area (Å²) in [5, 5.41) is 9.23. The van der Waals surface area contributed by atoms with Gasteiger partial charge in [0.15, 0.2) is 0 Å². The number of rotatable bonds is 1. The molecule has 0 unspecified atom stereocenters. The van der Waals surface area contributed by atoms with Crippen LogP contribution in [0.4, 0.5) is 4.79 Å². The molecule has 1 saturated heterocycles. The molecule has 1 spiro atoms. The van der Waals surface area contributed by atoms with E-state index in [-0.39, 0.29) is 13.0 Å². The van der Waals surface area contributed by atoms with Crippen LogP contribution in [0.3, 0.4) is 0 Å². The topological polar surface area (TPSA) is 66.8 Å². The van der Waals surface area contributed by atoms with Crippen molar-refractivity contribution < 1.29 is 19.4 Å². The first-order valence-electron chi connectivity index (χ1n) is 6.08. The summed E-state index contributed by atoms with van der Waals surface area (Å²) in [5.74, 6) is -1.06. The lowest BCUT2D eigenvalue weighted by atomic mass is 10.0. The number of amides is 1. The Morgan fingerprint density at radius 3 is 2.26 bits per heavy atom. The molecular weight excluding hydrogens is 293 g/mol. The molecule has 2 rings (SSSR count). The summed E-state index contributed by atoms with van der Waals surface area (Å²) in [5.41, 5.74) is -1.17. The monoisotopic (exact) mass is 309 g/mol. The largest absolute Gasteiger partial charge is 0.480 e. The number of ether oxygens (including phenoxy) is 1. The summed E-state index contributed by atoms with van der Waals surface area (Å²) in [7, 11) is 0. The lowest BCUT2D eigenvalue weighted by Gasteiger charge is -2.26. The molecule has 1 amide bonds. The SMILES string of the molecule is CC(C)(C)OC(=O)N1C[C@]2(C[C@H]1C(=O)O)CC2(Cl)Cl. The van der Waals surface area contributed by atoms with E-state index in [9.17, 15) is 14.7 Å². The third-order valence-corrected chi connectivity index (χ3v) is 4.63. The molecule has 1 aliphatic heterocycles. The molecule has 1 N–H and O–H groups in total. The molecule has 5 nitrogen and oxygen atoms in total. The molecule has 0 aromatic rings. The first kappa shape index (κ1) is 14.7. The predicted molar refractivity (Wildman–Crippen MR) is 70.5 cm³/mol. The van der Waals surface area contributed by atoms with E-state index in [0.717, 1.165) is 0 Å². The number of alkyl halides is 2. The van der Waals surface area contributed by atoms with Gasteiger partial charge >= 0.3 is 12.1 Å². The second-order valence-corrected chi connectivity index (χ2v) is 7.81. The quantitative estimate of drug-likeness (QED) is 0.756. The van der Waals surface area contributed by atoms with Crippen LogP contribution < -0.4 is 0 Å². The van der Waals surface area contributed by atoms with Crippen LogP contribution in [0.25, 0.3) is 0 Å². The van der Waals surface area contributed by atoms with Gasteiger partial charge in [-0.2, -0.15) is 0 Å². The first-order valence-corrected chi connectivity index (χ1v) is 6.83. The van der Waals surface area contributed by atoms with Gasteiger partial charge in [-0.3, -0.25) is 4.90 Å². The third kappa shape index (κ3) is 2.63. The fourth-order valence-corrected chi connectivity index (χ4v) is 3.27. The molecule has 1 saturated carbocycles. The van der Waals surface area contributed by atoms with Crippen LogP contribution in [0.15, 0.2) is 0 Å². The Morgan fingerprint density at radius 1 is 1.37 bits per heavy atom. The van der Waals surface area contributed by atoms with Crippen molar-refractivity contribution in [3.05, 3.63) is 0 Å². The standard InChI is InChI=1S/C12H17Cl2NO4/c1-10(2,3)19-9(18)15-6-11(5-12(11,13)14)4-7(15)8(16)17/h7H,4-6H2,1-3H3,(H,16,17)/t7-,11-/m0/s1. The maximum atomic E-state index is 12.1. The van der Waals surface area contributed by atoms with Crippen LogP contribution in [0.2, 0.25) is 0 Å². The first-order chi connectivity index (χ1) is 8.47. The lowest BCUT2D eigenvalue weighted by Crippen LogP contribution is -2.43.